The lowest BCUT2D eigenvalue weighted by Gasteiger charge is -2.14. The van der Waals surface area contributed by atoms with Crippen molar-refractivity contribution in [1.29, 1.82) is 0 Å². The van der Waals surface area contributed by atoms with Crippen molar-refractivity contribution >= 4 is 37.1 Å². The number of para-hydroxylation sites is 1. The number of aryl methyl sites for hydroxylation is 2. The van der Waals surface area contributed by atoms with Gasteiger partial charge in [-0.3, -0.25) is 19.6 Å². The Bertz CT molecular complexity index is 1370. The first-order chi connectivity index (χ1) is 14.5. The molecule has 2 N–H and O–H groups in total. The standard InChI is InChI=1S/C20H19N3O6S2/c1-14-6-5-7-16(12-14)21-30(26,27)17-11-10-15(2)18(13-17)22-31(28,29)20-9-4-3-8-19(20)23(24)25/h3-13,21-22H,1-2H3. The first-order valence-electron chi connectivity index (χ1n) is 8.96. The van der Waals surface area contributed by atoms with Crippen LogP contribution in [0.1, 0.15) is 11.1 Å². The number of hydrogen-bond donors (Lipinski definition) is 2. The maximum atomic E-state index is 12.8. The van der Waals surface area contributed by atoms with Gasteiger partial charge in [0.15, 0.2) is 4.90 Å². The Morgan fingerprint density at radius 3 is 2.19 bits per heavy atom. The molecule has 31 heavy (non-hydrogen) atoms. The number of nitrogens with one attached hydrogen (secondary N) is 2. The highest BCUT2D eigenvalue weighted by Gasteiger charge is 2.26. The summed E-state index contributed by atoms with van der Waals surface area (Å²) in [5, 5.41) is 11.2. The summed E-state index contributed by atoms with van der Waals surface area (Å²) in [4.78, 5) is 9.71. The molecule has 0 saturated carbocycles. The van der Waals surface area contributed by atoms with Crippen LogP contribution in [0.5, 0.6) is 0 Å². The normalized spacial score (nSPS) is 11.7. The Balaban J connectivity index is 1.97. The maximum Gasteiger partial charge on any atom is 0.289 e. The number of benzene rings is 3. The summed E-state index contributed by atoms with van der Waals surface area (Å²) in [6.07, 6.45) is 0. The van der Waals surface area contributed by atoms with E-state index >= 15 is 0 Å². The molecule has 11 heteroatoms. The lowest BCUT2D eigenvalue weighted by Crippen LogP contribution is -2.17. The number of nitro benzene ring substituents is 1. The Morgan fingerprint density at radius 1 is 0.806 bits per heavy atom. The fourth-order valence-corrected chi connectivity index (χ4v) is 5.21. The van der Waals surface area contributed by atoms with Crippen LogP contribution in [0, 0.1) is 24.0 Å². The van der Waals surface area contributed by atoms with E-state index in [9.17, 15) is 26.9 Å². The van der Waals surface area contributed by atoms with Gasteiger partial charge in [-0.15, -0.1) is 0 Å². The fraction of sp³-hybridized carbons (Fsp3) is 0.100. The highest BCUT2D eigenvalue weighted by molar-refractivity contribution is 7.93. The van der Waals surface area contributed by atoms with Crippen LogP contribution in [0.25, 0.3) is 0 Å². The topological polar surface area (TPSA) is 135 Å². The predicted octanol–water partition coefficient (Wildman–Crippen LogP) is 3.81. The van der Waals surface area contributed by atoms with Gasteiger partial charge >= 0.3 is 0 Å². The van der Waals surface area contributed by atoms with Crippen molar-refractivity contribution in [2.45, 2.75) is 23.6 Å². The molecule has 0 atom stereocenters. The van der Waals surface area contributed by atoms with Gasteiger partial charge in [-0.05, 0) is 55.3 Å². The number of hydrogen-bond acceptors (Lipinski definition) is 6. The largest absolute Gasteiger partial charge is 0.289 e. The molecule has 9 nitrogen and oxygen atoms in total. The molecule has 3 aromatic rings. The molecule has 0 aromatic heterocycles. The van der Waals surface area contributed by atoms with Crippen LogP contribution in [-0.4, -0.2) is 21.8 Å². The van der Waals surface area contributed by atoms with E-state index in [1.165, 1.54) is 30.3 Å². The third-order valence-electron chi connectivity index (χ3n) is 4.39. The zero-order chi connectivity index (χ0) is 22.8. The van der Waals surface area contributed by atoms with Crippen LogP contribution in [0.3, 0.4) is 0 Å². The van der Waals surface area contributed by atoms with Gasteiger partial charge in [0, 0.05) is 11.8 Å². The molecule has 0 aliphatic rings. The molecule has 0 bridgehead atoms. The molecule has 3 aromatic carbocycles. The van der Waals surface area contributed by atoms with Crippen LogP contribution in [-0.2, 0) is 20.0 Å². The van der Waals surface area contributed by atoms with Crippen LogP contribution in [0.4, 0.5) is 17.1 Å². The van der Waals surface area contributed by atoms with E-state index in [0.29, 0.717) is 11.3 Å². The molecule has 3 rings (SSSR count). The SMILES string of the molecule is Cc1cccc(NS(=O)(=O)c2ccc(C)c(NS(=O)(=O)c3ccccc3[N+](=O)[O-])c2)c1. The molecule has 0 radical (unpaired) electrons. The van der Waals surface area contributed by atoms with Gasteiger partial charge in [-0.2, -0.15) is 0 Å². The molecule has 0 spiro atoms. The van der Waals surface area contributed by atoms with Crippen molar-refractivity contribution < 1.29 is 21.8 Å². The second kappa shape index (κ2) is 8.36. The fourth-order valence-electron chi connectivity index (χ4n) is 2.84. The van der Waals surface area contributed by atoms with E-state index in [0.717, 1.165) is 17.7 Å². The van der Waals surface area contributed by atoms with Gasteiger partial charge in [0.1, 0.15) is 0 Å². The lowest BCUT2D eigenvalue weighted by molar-refractivity contribution is -0.387. The molecular weight excluding hydrogens is 442 g/mol. The number of sulfonamides is 2. The highest BCUT2D eigenvalue weighted by Crippen LogP contribution is 2.28. The van der Waals surface area contributed by atoms with Crippen molar-refractivity contribution in [3.63, 3.8) is 0 Å². The molecule has 0 unspecified atom stereocenters. The summed E-state index contributed by atoms with van der Waals surface area (Å²) in [7, 11) is -8.35. The van der Waals surface area contributed by atoms with Crippen molar-refractivity contribution in [2.24, 2.45) is 0 Å². The molecular formula is C20H19N3O6S2. The smallest absolute Gasteiger partial charge is 0.280 e. The first-order valence-corrected chi connectivity index (χ1v) is 11.9. The number of nitro groups is 1. The molecule has 0 aliphatic heterocycles. The summed E-state index contributed by atoms with van der Waals surface area (Å²) in [6, 6.07) is 15.6. The number of nitrogens with zero attached hydrogens (tertiary/aromatic N) is 1. The molecule has 0 amide bonds. The molecule has 162 valence electrons. The number of rotatable bonds is 7. The maximum absolute atomic E-state index is 12.8. The lowest BCUT2D eigenvalue weighted by atomic mass is 10.2. The van der Waals surface area contributed by atoms with Gasteiger partial charge in [-0.25, -0.2) is 16.8 Å². The number of anilines is 2. The average molecular weight is 462 g/mol. The second-order valence-electron chi connectivity index (χ2n) is 6.78. The molecule has 0 fully saturated rings. The molecule has 0 aliphatic carbocycles. The zero-order valence-electron chi connectivity index (χ0n) is 16.6. The molecule has 0 saturated heterocycles. The Kier molecular flexibility index (Phi) is 6.00. The summed E-state index contributed by atoms with van der Waals surface area (Å²) >= 11 is 0. The Morgan fingerprint density at radius 2 is 1.52 bits per heavy atom. The Labute approximate surface area is 180 Å². The van der Waals surface area contributed by atoms with E-state index in [2.05, 4.69) is 9.44 Å². The van der Waals surface area contributed by atoms with Gasteiger partial charge < -0.3 is 0 Å². The van der Waals surface area contributed by atoms with E-state index in [-0.39, 0.29) is 10.6 Å². The minimum absolute atomic E-state index is 0.00901. The van der Waals surface area contributed by atoms with Crippen LogP contribution >= 0.6 is 0 Å². The Hall–Kier alpha value is -3.44. The summed E-state index contributed by atoms with van der Waals surface area (Å²) in [6.45, 7) is 3.40. The van der Waals surface area contributed by atoms with Crippen LogP contribution in [0.15, 0.2) is 76.5 Å². The summed E-state index contributed by atoms with van der Waals surface area (Å²) in [5.41, 5.74) is 1.07. The van der Waals surface area contributed by atoms with Crippen LogP contribution in [0.2, 0.25) is 0 Å². The van der Waals surface area contributed by atoms with E-state index in [1.807, 2.05) is 13.0 Å². The van der Waals surface area contributed by atoms with Crippen molar-refractivity contribution in [3.8, 4) is 0 Å². The minimum atomic E-state index is -4.35. The van der Waals surface area contributed by atoms with Crippen LogP contribution < -0.4 is 9.44 Å². The van der Waals surface area contributed by atoms with Crippen molar-refractivity contribution in [3.05, 3.63) is 88.0 Å². The minimum Gasteiger partial charge on any atom is -0.280 e. The van der Waals surface area contributed by atoms with Gasteiger partial charge in [-0.1, -0.05) is 30.3 Å². The van der Waals surface area contributed by atoms with Gasteiger partial charge in [0.05, 0.1) is 15.5 Å². The third-order valence-corrected chi connectivity index (χ3v) is 7.18. The van der Waals surface area contributed by atoms with Crippen molar-refractivity contribution in [2.75, 3.05) is 9.44 Å². The van der Waals surface area contributed by atoms with E-state index < -0.39 is 35.6 Å². The zero-order valence-corrected chi connectivity index (χ0v) is 18.2. The van der Waals surface area contributed by atoms with Gasteiger partial charge in [0.25, 0.3) is 25.7 Å². The van der Waals surface area contributed by atoms with Crippen molar-refractivity contribution in [1.82, 2.24) is 0 Å². The van der Waals surface area contributed by atoms with E-state index in [1.54, 1.807) is 25.1 Å². The quantitative estimate of drug-likeness (QED) is 0.406. The first kappa shape index (κ1) is 22.2. The van der Waals surface area contributed by atoms with Gasteiger partial charge in [0.2, 0.25) is 0 Å². The monoisotopic (exact) mass is 461 g/mol. The summed E-state index contributed by atoms with van der Waals surface area (Å²) < 4.78 is 55.8. The predicted molar refractivity (Wildman–Crippen MR) is 117 cm³/mol. The average Bonchev–Trinajstić information content (AvgIpc) is 2.69. The summed E-state index contributed by atoms with van der Waals surface area (Å²) in [5.74, 6) is 0. The molecule has 0 heterocycles. The third kappa shape index (κ3) is 5.01. The van der Waals surface area contributed by atoms with E-state index in [4.69, 9.17) is 0 Å². The second-order valence-corrected chi connectivity index (χ2v) is 10.1. The highest BCUT2D eigenvalue weighted by atomic mass is 32.2.